The van der Waals surface area contributed by atoms with E-state index in [2.05, 4.69) is 42.3 Å². The van der Waals surface area contributed by atoms with Gasteiger partial charge in [0.05, 0.1) is 13.0 Å². The lowest BCUT2D eigenvalue weighted by molar-refractivity contribution is -0.152. The fourth-order valence-electron chi connectivity index (χ4n) is 4.56. The van der Waals surface area contributed by atoms with Gasteiger partial charge in [-0.1, -0.05) is 30.3 Å². The molecule has 0 N–H and O–H groups in total. The van der Waals surface area contributed by atoms with Gasteiger partial charge in [-0.2, -0.15) is 0 Å². The molecule has 2 fully saturated rings. The molecule has 3 rings (SSSR count). The number of ether oxygens (including phenoxy) is 1. The van der Waals surface area contributed by atoms with E-state index in [1.807, 2.05) is 0 Å². The van der Waals surface area contributed by atoms with Gasteiger partial charge in [0.15, 0.2) is 0 Å². The summed E-state index contributed by atoms with van der Waals surface area (Å²) in [4.78, 5) is 14.7. The van der Waals surface area contributed by atoms with Crippen LogP contribution in [0.5, 0.6) is 0 Å². The highest BCUT2D eigenvalue weighted by molar-refractivity contribution is 5.74. The molecule has 0 aliphatic carbocycles. The van der Waals surface area contributed by atoms with Gasteiger partial charge >= 0.3 is 5.97 Å². The SMILES string of the molecule is COC(=O)[C@H]1[C@@H](CCCc2ccccc2)C[C@@H]2CC[C@H]1N2C. The smallest absolute Gasteiger partial charge is 0.310 e. The molecule has 0 spiro atoms. The second-order valence-electron chi connectivity index (χ2n) is 6.89. The highest BCUT2D eigenvalue weighted by atomic mass is 16.5. The van der Waals surface area contributed by atoms with E-state index in [0.29, 0.717) is 18.0 Å². The minimum atomic E-state index is 0.00177. The van der Waals surface area contributed by atoms with Crippen molar-refractivity contribution in [3.8, 4) is 0 Å². The summed E-state index contributed by atoms with van der Waals surface area (Å²) >= 11 is 0. The number of nitrogens with zero attached hydrogens (tertiary/aromatic N) is 1. The highest BCUT2D eigenvalue weighted by Crippen LogP contribution is 2.43. The summed E-state index contributed by atoms with van der Waals surface area (Å²) < 4.78 is 5.12. The Morgan fingerprint density at radius 1 is 1.27 bits per heavy atom. The third-order valence-corrected chi connectivity index (χ3v) is 5.75. The number of piperidine rings is 1. The van der Waals surface area contributed by atoms with Gasteiger partial charge in [-0.15, -0.1) is 0 Å². The molecule has 0 saturated carbocycles. The normalized spacial score (nSPS) is 31.2. The van der Waals surface area contributed by atoms with Crippen molar-refractivity contribution in [1.82, 2.24) is 4.90 Å². The molecule has 0 amide bonds. The molecule has 2 aliphatic rings. The van der Waals surface area contributed by atoms with E-state index >= 15 is 0 Å². The number of carbonyl (C=O) groups excluding carboxylic acids is 1. The lowest BCUT2D eigenvalue weighted by atomic mass is 9.77. The van der Waals surface area contributed by atoms with Crippen molar-refractivity contribution in [2.45, 2.75) is 50.6 Å². The zero-order valence-electron chi connectivity index (χ0n) is 13.7. The van der Waals surface area contributed by atoms with Crippen molar-refractivity contribution in [2.75, 3.05) is 14.2 Å². The highest BCUT2D eigenvalue weighted by Gasteiger charge is 2.48. The van der Waals surface area contributed by atoms with E-state index in [1.54, 1.807) is 0 Å². The average molecular weight is 301 g/mol. The number of esters is 1. The topological polar surface area (TPSA) is 29.5 Å². The molecule has 1 aromatic rings. The summed E-state index contributed by atoms with van der Waals surface area (Å²) in [5.41, 5.74) is 1.40. The van der Waals surface area contributed by atoms with Crippen LogP contribution in [0.4, 0.5) is 0 Å². The van der Waals surface area contributed by atoms with Crippen LogP contribution in [0.1, 0.15) is 37.7 Å². The van der Waals surface area contributed by atoms with Crippen LogP contribution >= 0.6 is 0 Å². The molecule has 2 bridgehead atoms. The van der Waals surface area contributed by atoms with Crippen LogP contribution in [-0.2, 0) is 16.0 Å². The summed E-state index contributed by atoms with van der Waals surface area (Å²) in [5, 5.41) is 0. The maximum atomic E-state index is 12.3. The quantitative estimate of drug-likeness (QED) is 0.782. The second-order valence-corrected chi connectivity index (χ2v) is 6.89. The molecule has 0 radical (unpaired) electrons. The average Bonchev–Trinajstić information content (AvgIpc) is 2.79. The van der Waals surface area contributed by atoms with Crippen LogP contribution in [-0.4, -0.2) is 37.1 Å². The van der Waals surface area contributed by atoms with Crippen molar-refractivity contribution < 1.29 is 9.53 Å². The Bertz CT molecular complexity index is 501. The third kappa shape index (κ3) is 3.05. The van der Waals surface area contributed by atoms with Gasteiger partial charge in [-0.3, -0.25) is 9.69 Å². The predicted molar refractivity (Wildman–Crippen MR) is 87.6 cm³/mol. The number of fused-ring (bicyclic) bond motifs is 2. The van der Waals surface area contributed by atoms with Crippen LogP contribution in [0.2, 0.25) is 0 Å². The van der Waals surface area contributed by atoms with E-state index in [4.69, 9.17) is 4.74 Å². The van der Waals surface area contributed by atoms with Crippen molar-refractivity contribution in [1.29, 1.82) is 0 Å². The van der Waals surface area contributed by atoms with Crippen molar-refractivity contribution in [2.24, 2.45) is 11.8 Å². The number of rotatable bonds is 5. The van der Waals surface area contributed by atoms with Crippen LogP contribution in [0.3, 0.4) is 0 Å². The summed E-state index contributed by atoms with van der Waals surface area (Å²) in [6, 6.07) is 11.7. The predicted octanol–water partition coefficient (Wildman–Crippen LogP) is 3.28. The lowest BCUT2D eigenvalue weighted by Gasteiger charge is -2.41. The van der Waals surface area contributed by atoms with Crippen molar-refractivity contribution in [3.63, 3.8) is 0 Å². The molecule has 120 valence electrons. The lowest BCUT2D eigenvalue weighted by Crippen LogP contribution is -2.49. The number of hydrogen-bond donors (Lipinski definition) is 0. The van der Waals surface area contributed by atoms with Gasteiger partial charge in [0.1, 0.15) is 0 Å². The third-order valence-electron chi connectivity index (χ3n) is 5.75. The summed E-state index contributed by atoms with van der Waals surface area (Å²) in [6.07, 6.45) is 6.94. The Morgan fingerprint density at radius 2 is 2.05 bits per heavy atom. The molecular weight excluding hydrogens is 274 g/mol. The Labute approximate surface area is 133 Å². The maximum absolute atomic E-state index is 12.3. The van der Waals surface area contributed by atoms with Gasteiger partial charge < -0.3 is 4.74 Å². The first-order valence-electron chi connectivity index (χ1n) is 8.54. The van der Waals surface area contributed by atoms with Gasteiger partial charge in [-0.05, 0) is 57.1 Å². The first kappa shape index (κ1) is 15.5. The molecule has 2 saturated heterocycles. The van der Waals surface area contributed by atoms with Gasteiger partial charge in [-0.25, -0.2) is 0 Å². The number of carbonyl (C=O) groups is 1. The zero-order valence-corrected chi connectivity index (χ0v) is 13.7. The fourth-order valence-corrected chi connectivity index (χ4v) is 4.56. The Kier molecular flexibility index (Phi) is 4.82. The van der Waals surface area contributed by atoms with Crippen LogP contribution in [0.25, 0.3) is 0 Å². The second kappa shape index (κ2) is 6.82. The van der Waals surface area contributed by atoms with E-state index in [0.717, 1.165) is 32.1 Å². The zero-order chi connectivity index (χ0) is 15.5. The Balaban J connectivity index is 1.62. The minimum Gasteiger partial charge on any atom is -0.469 e. The van der Waals surface area contributed by atoms with E-state index in [-0.39, 0.29) is 11.9 Å². The number of benzene rings is 1. The Morgan fingerprint density at radius 3 is 2.77 bits per heavy atom. The molecule has 3 nitrogen and oxygen atoms in total. The molecule has 0 unspecified atom stereocenters. The van der Waals surface area contributed by atoms with Crippen molar-refractivity contribution in [3.05, 3.63) is 35.9 Å². The largest absolute Gasteiger partial charge is 0.469 e. The molecule has 0 aromatic heterocycles. The first-order chi connectivity index (χ1) is 10.7. The van der Waals surface area contributed by atoms with Gasteiger partial charge in [0.25, 0.3) is 0 Å². The number of methoxy groups -OCH3 is 1. The van der Waals surface area contributed by atoms with Crippen LogP contribution < -0.4 is 0 Å². The molecule has 22 heavy (non-hydrogen) atoms. The summed E-state index contributed by atoms with van der Waals surface area (Å²) in [6.45, 7) is 0. The van der Waals surface area contributed by atoms with Crippen LogP contribution in [0.15, 0.2) is 30.3 Å². The van der Waals surface area contributed by atoms with Crippen LogP contribution in [0, 0.1) is 11.8 Å². The van der Waals surface area contributed by atoms with Crippen molar-refractivity contribution >= 4 is 5.97 Å². The molecule has 1 aromatic carbocycles. The number of aryl methyl sites for hydroxylation is 1. The van der Waals surface area contributed by atoms with E-state index in [9.17, 15) is 4.79 Å². The minimum absolute atomic E-state index is 0.00177. The molecule has 2 heterocycles. The fraction of sp³-hybridized carbons (Fsp3) is 0.632. The molecule has 3 heteroatoms. The summed E-state index contributed by atoms with van der Waals surface area (Å²) in [7, 11) is 3.71. The maximum Gasteiger partial charge on any atom is 0.310 e. The Hall–Kier alpha value is -1.35. The molecule has 2 aliphatic heterocycles. The molecule has 4 atom stereocenters. The molecular formula is C19H27NO2. The van der Waals surface area contributed by atoms with E-state index < -0.39 is 0 Å². The monoisotopic (exact) mass is 301 g/mol. The number of hydrogen-bond acceptors (Lipinski definition) is 3. The van der Waals surface area contributed by atoms with Gasteiger partial charge in [0.2, 0.25) is 0 Å². The van der Waals surface area contributed by atoms with E-state index in [1.165, 1.54) is 19.1 Å². The van der Waals surface area contributed by atoms with Gasteiger partial charge in [0, 0.05) is 12.1 Å². The summed E-state index contributed by atoms with van der Waals surface area (Å²) in [5.74, 6) is 0.566. The first-order valence-corrected chi connectivity index (χ1v) is 8.54. The standard InChI is InChI=1S/C19H27NO2/c1-20-16-11-12-17(20)18(19(21)22-2)15(13-16)10-6-9-14-7-4-3-5-8-14/h3-5,7-8,15-18H,6,9-13H2,1-2H3/t15-,16-,17+,18-/m0/s1.